The molecular formula is C33H54N8O6. The monoisotopic (exact) mass is 658 g/mol. The van der Waals surface area contributed by atoms with Gasteiger partial charge >= 0.3 is 0 Å². The quantitative estimate of drug-likeness (QED) is 0.0879. The third-order valence-electron chi connectivity index (χ3n) is 7.79. The number of carbonyl (C=O) groups is 5. The average Bonchev–Trinajstić information content (AvgIpc) is 3.02. The molecule has 0 aromatic carbocycles. The molecule has 0 aliphatic rings. The molecule has 0 aliphatic heterocycles. The smallest absolute Gasteiger partial charge is 0.252 e. The first-order valence-corrected chi connectivity index (χ1v) is 16.4. The second-order valence-corrected chi connectivity index (χ2v) is 12.6. The van der Waals surface area contributed by atoms with E-state index < -0.39 is 47.9 Å². The number of likely N-dealkylation sites (N-methyl/N-ethyl adjacent to an activating group) is 1. The van der Waals surface area contributed by atoms with Gasteiger partial charge in [0.05, 0.1) is 17.7 Å². The molecule has 0 fully saturated rings. The van der Waals surface area contributed by atoms with Crippen molar-refractivity contribution in [3.8, 4) is 6.07 Å². The topological polar surface area (TPSA) is 208 Å². The molecule has 14 nitrogen and oxygen atoms in total. The van der Waals surface area contributed by atoms with Crippen molar-refractivity contribution in [2.45, 2.75) is 111 Å². The summed E-state index contributed by atoms with van der Waals surface area (Å²) < 4.78 is 0.544. The minimum atomic E-state index is -1.05. The molecule has 0 saturated heterocycles. The Hall–Kier alpha value is -4.25. The average molecular weight is 659 g/mol. The van der Waals surface area contributed by atoms with Gasteiger partial charge in [-0.1, -0.05) is 48.0 Å². The van der Waals surface area contributed by atoms with Gasteiger partial charge in [0.15, 0.2) is 12.4 Å². The lowest BCUT2D eigenvalue weighted by molar-refractivity contribution is -0.605. The fraction of sp³-hybridized carbons (Fsp3) is 0.667. The van der Waals surface area contributed by atoms with Crippen LogP contribution in [0.25, 0.3) is 0 Å². The Morgan fingerprint density at radius 2 is 1.49 bits per heavy atom. The number of nitrogens with zero attached hydrogens (tertiary/aromatic N) is 2. The Morgan fingerprint density at radius 3 is 2.02 bits per heavy atom. The van der Waals surface area contributed by atoms with Crippen molar-refractivity contribution in [2.75, 3.05) is 13.1 Å². The van der Waals surface area contributed by atoms with Gasteiger partial charge in [-0.2, -0.15) is 9.99 Å². The standard InChI is InChI=1S/C33H54N8O6/c1-9-22(7)28(40-30(43)24-13-16-41(47)17-14-24)33(46)38-26(12-11-15-34)31(44)37-25(18-20(3)4)19-36-23(8)29(42)39-27(21(5)6)32(45)35-10-2/h13-14,16-17,20-23,25-28,36H,9-12,18-19H2,1-8H3,(H,35,45)(H,37,44)(H,38,46)(H,39,42)(H,40,43)/t22-,23-,25-,26-,27-,28-/m0/s1. The molecule has 0 bridgehead atoms. The normalized spacial score (nSPS) is 14.9. The second kappa shape index (κ2) is 20.8. The Balaban J connectivity index is 3.03. The maximum Gasteiger partial charge on any atom is 0.252 e. The number of aromatic nitrogens is 1. The summed E-state index contributed by atoms with van der Waals surface area (Å²) in [7, 11) is 0. The predicted octanol–water partition coefficient (Wildman–Crippen LogP) is 1.04. The van der Waals surface area contributed by atoms with Crippen molar-refractivity contribution < 1.29 is 28.7 Å². The minimum absolute atomic E-state index is 0.00482. The van der Waals surface area contributed by atoms with E-state index >= 15 is 0 Å². The molecule has 262 valence electrons. The van der Waals surface area contributed by atoms with Gasteiger partial charge in [0, 0.05) is 37.7 Å². The lowest BCUT2D eigenvalue weighted by Gasteiger charge is -2.29. The predicted molar refractivity (Wildman–Crippen MR) is 177 cm³/mol. The third-order valence-corrected chi connectivity index (χ3v) is 7.79. The van der Waals surface area contributed by atoms with Crippen molar-refractivity contribution in [1.29, 1.82) is 5.26 Å². The zero-order chi connectivity index (χ0) is 35.7. The third kappa shape index (κ3) is 14.4. The highest BCUT2D eigenvalue weighted by molar-refractivity contribution is 5.98. The van der Waals surface area contributed by atoms with Gasteiger partial charge in [0.1, 0.15) is 18.1 Å². The molecule has 6 atom stereocenters. The van der Waals surface area contributed by atoms with E-state index in [1.54, 1.807) is 20.8 Å². The van der Waals surface area contributed by atoms with E-state index in [1.807, 2.05) is 40.7 Å². The summed E-state index contributed by atoms with van der Waals surface area (Å²) in [5.74, 6) is -2.46. The number of hydrogen-bond acceptors (Lipinski definition) is 8. The van der Waals surface area contributed by atoms with Crippen molar-refractivity contribution in [1.82, 2.24) is 31.9 Å². The van der Waals surface area contributed by atoms with Crippen LogP contribution < -0.4 is 36.6 Å². The summed E-state index contributed by atoms with van der Waals surface area (Å²) in [6, 6.07) is 0.880. The molecule has 1 heterocycles. The van der Waals surface area contributed by atoms with Crippen molar-refractivity contribution in [3.05, 3.63) is 35.3 Å². The Labute approximate surface area is 278 Å². The first-order chi connectivity index (χ1) is 22.1. The highest BCUT2D eigenvalue weighted by Crippen LogP contribution is 2.12. The zero-order valence-electron chi connectivity index (χ0n) is 29.0. The number of hydrogen-bond donors (Lipinski definition) is 6. The molecule has 0 unspecified atom stereocenters. The highest BCUT2D eigenvalue weighted by Gasteiger charge is 2.31. The van der Waals surface area contributed by atoms with E-state index in [1.165, 1.54) is 24.5 Å². The lowest BCUT2D eigenvalue weighted by Crippen LogP contribution is -2.58. The lowest BCUT2D eigenvalue weighted by atomic mass is 9.97. The van der Waals surface area contributed by atoms with Gasteiger partial charge in [-0.3, -0.25) is 24.0 Å². The summed E-state index contributed by atoms with van der Waals surface area (Å²) in [4.78, 5) is 65.3. The van der Waals surface area contributed by atoms with Crippen LogP contribution in [-0.4, -0.2) is 72.8 Å². The van der Waals surface area contributed by atoms with E-state index in [4.69, 9.17) is 0 Å². The molecule has 1 rings (SSSR count). The number of nitrogens with one attached hydrogen (secondary N) is 6. The fourth-order valence-corrected chi connectivity index (χ4v) is 4.80. The van der Waals surface area contributed by atoms with Crippen LogP contribution in [0, 0.1) is 34.3 Å². The molecule has 0 saturated carbocycles. The Kier molecular flexibility index (Phi) is 18.0. The van der Waals surface area contributed by atoms with E-state index in [2.05, 4.69) is 31.9 Å². The maximum atomic E-state index is 13.5. The maximum absolute atomic E-state index is 13.5. The number of nitriles is 1. The van der Waals surface area contributed by atoms with Gasteiger partial charge in [0.25, 0.3) is 5.91 Å². The van der Waals surface area contributed by atoms with Crippen molar-refractivity contribution in [2.24, 2.45) is 17.8 Å². The van der Waals surface area contributed by atoms with Gasteiger partial charge in [-0.15, -0.1) is 0 Å². The number of amides is 5. The van der Waals surface area contributed by atoms with Crippen molar-refractivity contribution >= 4 is 29.5 Å². The fourth-order valence-electron chi connectivity index (χ4n) is 4.80. The van der Waals surface area contributed by atoms with Crippen LogP contribution in [0.3, 0.4) is 0 Å². The zero-order valence-corrected chi connectivity index (χ0v) is 29.0. The summed E-state index contributed by atoms with van der Waals surface area (Å²) in [5.41, 5.74) is 0.202. The molecular weight excluding hydrogens is 604 g/mol. The largest absolute Gasteiger partial charge is 0.619 e. The van der Waals surface area contributed by atoms with E-state index in [0.29, 0.717) is 24.1 Å². The van der Waals surface area contributed by atoms with Crippen LogP contribution in [0.15, 0.2) is 24.5 Å². The van der Waals surface area contributed by atoms with Gasteiger partial charge in [-0.05, 0) is 44.4 Å². The highest BCUT2D eigenvalue weighted by atomic mass is 16.5. The Morgan fingerprint density at radius 1 is 0.851 bits per heavy atom. The first kappa shape index (κ1) is 40.8. The second-order valence-electron chi connectivity index (χ2n) is 12.6. The number of rotatable bonds is 20. The SMILES string of the molecule is CCNC(=O)[C@@H](NC(=O)[C@H](C)NC[C@H](CC(C)C)NC(=O)[C@H](CCC#N)NC(=O)[C@@H](NC(=O)c1cc[n+]([O-])cc1)[C@@H](C)CC)C(C)C. The summed E-state index contributed by atoms with van der Waals surface area (Å²) in [5, 5.41) is 37.7. The molecule has 1 aromatic rings. The molecule has 6 N–H and O–H groups in total. The molecule has 1 aromatic heterocycles. The van der Waals surface area contributed by atoms with E-state index in [0.717, 1.165) is 0 Å². The van der Waals surface area contributed by atoms with Gasteiger partial charge in [-0.25, -0.2) is 0 Å². The van der Waals surface area contributed by atoms with Crippen LogP contribution in [0.5, 0.6) is 0 Å². The van der Waals surface area contributed by atoms with Crippen LogP contribution in [0.4, 0.5) is 0 Å². The molecule has 0 radical (unpaired) electrons. The van der Waals surface area contributed by atoms with Gasteiger partial charge < -0.3 is 37.1 Å². The number of pyridine rings is 1. The molecule has 5 amide bonds. The summed E-state index contributed by atoms with van der Waals surface area (Å²) in [6.45, 7) is 15.5. The van der Waals surface area contributed by atoms with Gasteiger partial charge in [0.2, 0.25) is 23.6 Å². The summed E-state index contributed by atoms with van der Waals surface area (Å²) >= 11 is 0. The van der Waals surface area contributed by atoms with E-state index in [9.17, 15) is 34.4 Å². The number of carbonyl (C=O) groups excluding carboxylic acids is 5. The first-order valence-electron chi connectivity index (χ1n) is 16.4. The molecule has 0 spiro atoms. The molecule has 0 aliphatic carbocycles. The molecule has 47 heavy (non-hydrogen) atoms. The van der Waals surface area contributed by atoms with Crippen molar-refractivity contribution in [3.63, 3.8) is 0 Å². The van der Waals surface area contributed by atoms with E-state index in [-0.39, 0.29) is 54.5 Å². The van der Waals surface area contributed by atoms with Crippen LogP contribution >= 0.6 is 0 Å². The van der Waals surface area contributed by atoms with Crippen LogP contribution in [-0.2, 0) is 19.2 Å². The summed E-state index contributed by atoms with van der Waals surface area (Å²) in [6.07, 6.45) is 3.53. The van der Waals surface area contributed by atoms with Crippen LogP contribution in [0.1, 0.15) is 91.4 Å². The minimum Gasteiger partial charge on any atom is -0.619 e. The van der Waals surface area contributed by atoms with Crippen LogP contribution in [0.2, 0.25) is 0 Å². The molecule has 14 heteroatoms. The Bertz CT molecular complexity index is 1220.